The number of aliphatic hydroxyl groups is 1. The fourth-order valence-electron chi connectivity index (χ4n) is 1.31. The molecule has 0 bridgehead atoms. The Morgan fingerprint density at radius 3 is 2.82 bits per heavy atom. The minimum absolute atomic E-state index is 0.0691. The quantitative estimate of drug-likeness (QED) is 0.621. The fourth-order valence-corrected chi connectivity index (χ4v) is 1.31. The first-order chi connectivity index (χ1) is 8.16. The Balaban J connectivity index is 2.58. The van der Waals surface area contributed by atoms with Crippen LogP contribution in [0.3, 0.4) is 0 Å². The van der Waals surface area contributed by atoms with Gasteiger partial charge in [-0.1, -0.05) is 6.07 Å². The lowest BCUT2D eigenvalue weighted by atomic mass is 10.1. The first kappa shape index (κ1) is 13.4. The Kier molecular flexibility index (Phi) is 5.38. The summed E-state index contributed by atoms with van der Waals surface area (Å²) in [6, 6.07) is 4.01. The smallest absolute Gasteiger partial charge is 0.340 e. The lowest BCUT2D eigenvalue weighted by molar-refractivity contribution is 0.0693. The number of carbonyl (C=O) groups is 1. The highest BCUT2D eigenvalue weighted by Crippen LogP contribution is 2.18. The minimum Gasteiger partial charge on any atom is -0.478 e. The molecule has 1 aromatic rings. The second-order valence-corrected chi connectivity index (χ2v) is 3.23. The van der Waals surface area contributed by atoms with E-state index in [0.717, 1.165) is 6.07 Å². The Morgan fingerprint density at radius 2 is 2.18 bits per heavy atom. The van der Waals surface area contributed by atoms with E-state index in [0.29, 0.717) is 13.2 Å². The van der Waals surface area contributed by atoms with Crippen molar-refractivity contribution in [2.24, 2.45) is 0 Å². The topological polar surface area (TPSA) is 78.8 Å². The van der Waals surface area contributed by atoms with E-state index in [1.54, 1.807) is 0 Å². The number of rotatable bonds is 7. The number of carboxylic acids is 1. The molecule has 0 amide bonds. The van der Waals surface area contributed by atoms with Crippen LogP contribution in [0.1, 0.15) is 10.4 Å². The van der Waals surface area contributed by atoms with Gasteiger partial charge < -0.3 is 20.3 Å². The molecule has 5 nitrogen and oxygen atoms in total. The monoisotopic (exact) mass is 243 g/mol. The van der Waals surface area contributed by atoms with Crippen LogP contribution in [0.25, 0.3) is 0 Å². The van der Waals surface area contributed by atoms with Gasteiger partial charge in [-0.3, -0.25) is 0 Å². The molecule has 0 saturated carbocycles. The van der Waals surface area contributed by atoms with Crippen LogP contribution in [-0.2, 0) is 4.74 Å². The van der Waals surface area contributed by atoms with Gasteiger partial charge in [0.05, 0.1) is 25.5 Å². The summed E-state index contributed by atoms with van der Waals surface area (Å²) in [6.07, 6.45) is 0. The SMILES string of the molecule is O=C(O)c1c(F)cccc1NCCOCCO. The van der Waals surface area contributed by atoms with Gasteiger partial charge in [-0.15, -0.1) is 0 Å². The molecule has 1 rings (SSSR count). The zero-order chi connectivity index (χ0) is 12.7. The highest BCUT2D eigenvalue weighted by atomic mass is 19.1. The van der Waals surface area contributed by atoms with Crippen LogP contribution in [0, 0.1) is 5.82 Å². The summed E-state index contributed by atoms with van der Waals surface area (Å²) in [4.78, 5) is 10.8. The van der Waals surface area contributed by atoms with E-state index in [2.05, 4.69) is 5.32 Å². The lowest BCUT2D eigenvalue weighted by Gasteiger charge is -2.10. The van der Waals surface area contributed by atoms with Crippen molar-refractivity contribution in [3.8, 4) is 0 Å². The minimum atomic E-state index is -1.32. The molecule has 94 valence electrons. The van der Waals surface area contributed by atoms with E-state index in [4.69, 9.17) is 14.9 Å². The third kappa shape index (κ3) is 4.01. The normalized spacial score (nSPS) is 10.2. The molecule has 0 atom stereocenters. The number of hydrogen-bond donors (Lipinski definition) is 3. The predicted molar refractivity (Wildman–Crippen MR) is 59.8 cm³/mol. The van der Waals surface area contributed by atoms with Gasteiger partial charge in [0.1, 0.15) is 11.4 Å². The van der Waals surface area contributed by atoms with Crippen molar-refractivity contribution < 1.29 is 24.1 Å². The van der Waals surface area contributed by atoms with Gasteiger partial charge in [0.15, 0.2) is 0 Å². The number of aliphatic hydroxyl groups excluding tert-OH is 1. The third-order valence-corrected chi connectivity index (χ3v) is 2.02. The summed E-state index contributed by atoms with van der Waals surface area (Å²) in [5.74, 6) is -2.10. The molecule has 0 unspecified atom stereocenters. The molecular weight excluding hydrogens is 229 g/mol. The van der Waals surface area contributed by atoms with Crippen LogP contribution >= 0.6 is 0 Å². The average Bonchev–Trinajstić information content (AvgIpc) is 2.28. The summed E-state index contributed by atoms with van der Waals surface area (Å²) in [5, 5.41) is 20.1. The van der Waals surface area contributed by atoms with E-state index < -0.39 is 11.8 Å². The van der Waals surface area contributed by atoms with Crippen molar-refractivity contribution in [2.75, 3.05) is 31.7 Å². The molecule has 0 heterocycles. The summed E-state index contributed by atoms with van der Waals surface area (Å²) in [7, 11) is 0. The first-order valence-electron chi connectivity index (χ1n) is 5.11. The molecule has 0 radical (unpaired) electrons. The zero-order valence-electron chi connectivity index (χ0n) is 9.15. The number of aromatic carboxylic acids is 1. The van der Waals surface area contributed by atoms with Crippen molar-refractivity contribution in [1.82, 2.24) is 0 Å². The maximum atomic E-state index is 13.2. The summed E-state index contributed by atoms with van der Waals surface area (Å²) in [6.45, 7) is 0.789. The molecule has 0 spiro atoms. The largest absolute Gasteiger partial charge is 0.478 e. The van der Waals surface area contributed by atoms with Gasteiger partial charge in [0.2, 0.25) is 0 Å². The van der Waals surface area contributed by atoms with Crippen LogP contribution in [0.2, 0.25) is 0 Å². The van der Waals surface area contributed by atoms with Crippen molar-refractivity contribution in [3.05, 3.63) is 29.6 Å². The molecule has 0 aliphatic rings. The van der Waals surface area contributed by atoms with Gasteiger partial charge >= 0.3 is 5.97 Å². The molecule has 0 fully saturated rings. The first-order valence-corrected chi connectivity index (χ1v) is 5.11. The number of carboxylic acid groups (broad SMARTS) is 1. The van der Waals surface area contributed by atoms with Crippen molar-refractivity contribution >= 4 is 11.7 Å². The predicted octanol–water partition coefficient (Wildman–Crippen LogP) is 0.945. The zero-order valence-corrected chi connectivity index (χ0v) is 9.15. The fraction of sp³-hybridized carbons (Fsp3) is 0.364. The highest BCUT2D eigenvalue weighted by Gasteiger charge is 2.14. The van der Waals surface area contributed by atoms with Crippen LogP contribution in [0.4, 0.5) is 10.1 Å². The number of ether oxygens (including phenoxy) is 1. The van der Waals surface area contributed by atoms with E-state index in [-0.39, 0.29) is 24.5 Å². The molecule has 0 aliphatic heterocycles. The molecule has 0 saturated heterocycles. The van der Waals surface area contributed by atoms with Gasteiger partial charge in [-0.05, 0) is 12.1 Å². The molecule has 0 aliphatic carbocycles. The van der Waals surface area contributed by atoms with Crippen molar-refractivity contribution in [1.29, 1.82) is 0 Å². The van der Waals surface area contributed by atoms with E-state index in [1.165, 1.54) is 12.1 Å². The molecular formula is C11H14FNO4. The summed E-state index contributed by atoms with van der Waals surface area (Å²) < 4.78 is 18.2. The number of nitrogens with one attached hydrogen (secondary N) is 1. The lowest BCUT2D eigenvalue weighted by Crippen LogP contribution is -2.14. The maximum absolute atomic E-state index is 13.2. The number of halogens is 1. The van der Waals surface area contributed by atoms with E-state index in [1.807, 2.05) is 0 Å². The Morgan fingerprint density at radius 1 is 1.41 bits per heavy atom. The Bertz CT molecular complexity index is 384. The molecule has 3 N–H and O–H groups in total. The standard InChI is InChI=1S/C11H14FNO4/c12-8-2-1-3-9(10(8)11(15)16)13-4-6-17-7-5-14/h1-3,13-14H,4-7H2,(H,15,16). The van der Waals surface area contributed by atoms with E-state index in [9.17, 15) is 9.18 Å². The Labute approximate surface area is 97.8 Å². The highest BCUT2D eigenvalue weighted by molar-refractivity contribution is 5.94. The van der Waals surface area contributed by atoms with Crippen LogP contribution in [0.15, 0.2) is 18.2 Å². The van der Waals surface area contributed by atoms with Crippen molar-refractivity contribution in [3.63, 3.8) is 0 Å². The Hall–Kier alpha value is -1.66. The van der Waals surface area contributed by atoms with Crippen LogP contribution in [-0.4, -0.2) is 42.5 Å². The summed E-state index contributed by atoms with van der Waals surface area (Å²) >= 11 is 0. The van der Waals surface area contributed by atoms with Crippen LogP contribution in [0.5, 0.6) is 0 Å². The van der Waals surface area contributed by atoms with Gasteiger partial charge in [0, 0.05) is 6.54 Å². The average molecular weight is 243 g/mol. The number of benzene rings is 1. The summed E-state index contributed by atoms with van der Waals surface area (Å²) in [5.41, 5.74) is -0.167. The second kappa shape index (κ2) is 6.82. The van der Waals surface area contributed by atoms with Crippen LogP contribution < -0.4 is 5.32 Å². The molecule has 17 heavy (non-hydrogen) atoms. The van der Waals surface area contributed by atoms with Gasteiger partial charge in [-0.2, -0.15) is 0 Å². The molecule has 6 heteroatoms. The second-order valence-electron chi connectivity index (χ2n) is 3.23. The number of anilines is 1. The number of hydrogen-bond acceptors (Lipinski definition) is 4. The van der Waals surface area contributed by atoms with E-state index >= 15 is 0 Å². The van der Waals surface area contributed by atoms with Crippen molar-refractivity contribution in [2.45, 2.75) is 0 Å². The molecule has 0 aromatic heterocycles. The maximum Gasteiger partial charge on any atom is 0.340 e. The third-order valence-electron chi connectivity index (χ3n) is 2.02. The molecule has 1 aromatic carbocycles. The van der Waals surface area contributed by atoms with Gasteiger partial charge in [0.25, 0.3) is 0 Å². The van der Waals surface area contributed by atoms with Gasteiger partial charge in [-0.25, -0.2) is 9.18 Å².